The van der Waals surface area contributed by atoms with Crippen LogP contribution in [0.3, 0.4) is 0 Å². The zero-order valence-electron chi connectivity index (χ0n) is 17.4. The average Bonchev–Trinajstić information content (AvgIpc) is 3.31. The van der Waals surface area contributed by atoms with Gasteiger partial charge < -0.3 is 10.0 Å². The third kappa shape index (κ3) is 3.64. The van der Waals surface area contributed by atoms with Crippen LogP contribution in [-0.4, -0.2) is 29.0 Å². The Balaban J connectivity index is 1.57. The first-order chi connectivity index (χ1) is 14.3. The highest BCUT2D eigenvalue weighted by Gasteiger charge is 2.50. The highest BCUT2D eigenvalue weighted by molar-refractivity contribution is 5.87. The third-order valence-corrected chi connectivity index (χ3v) is 7.01. The van der Waals surface area contributed by atoms with E-state index in [1.54, 1.807) is 30.0 Å². The molecule has 1 aliphatic carbocycles. The number of amides is 1. The van der Waals surface area contributed by atoms with Gasteiger partial charge in [-0.15, -0.1) is 0 Å². The molecule has 2 aliphatic rings. The van der Waals surface area contributed by atoms with Gasteiger partial charge in [-0.25, -0.2) is 8.78 Å². The molecule has 1 heterocycles. The molecule has 3 nitrogen and oxygen atoms in total. The number of aryl methyl sites for hydroxylation is 1. The molecule has 1 unspecified atom stereocenters. The molecule has 5 heteroatoms. The number of aliphatic hydroxyl groups is 1. The molecule has 1 saturated heterocycles. The molecule has 0 aromatic heterocycles. The minimum atomic E-state index is -1.67. The van der Waals surface area contributed by atoms with Crippen molar-refractivity contribution < 1.29 is 18.7 Å². The summed E-state index contributed by atoms with van der Waals surface area (Å²) in [4.78, 5) is 15.2. The lowest BCUT2D eigenvalue weighted by Gasteiger charge is -2.42. The molecule has 1 atom stereocenters. The van der Waals surface area contributed by atoms with Gasteiger partial charge in [0, 0.05) is 31.8 Å². The molecule has 1 saturated carbocycles. The van der Waals surface area contributed by atoms with Gasteiger partial charge in [0.2, 0.25) is 0 Å². The molecule has 1 amide bonds. The predicted molar refractivity (Wildman–Crippen MR) is 112 cm³/mol. The maximum atomic E-state index is 15.7. The van der Waals surface area contributed by atoms with Gasteiger partial charge in [0.15, 0.2) is 5.60 Å². The average molecular weight is 414 g/mol. The lowest BCUT2D eigenvalue weighted by Crippen LogP contribution is -2.54. The maximum absolute atomic E-state index is 15.7. The van der Waals surface area contributed by atoms with E-state index < -0.39 is 17.1 Å². The van der Waals surface area contributed by atoms with E-state index in [4.69, 9.17) is 0 Å². The number of carbonyl (C=O) groups excluding carboxylic acids is 1. The summed E-state index contributed by atoms with van der Waals surface area (Å²) in [7, 11) is 0. The van der Waals surface area contributed by atoms with Crippen LogP contribution >= 0.6 is 0 Å². The van der Waals surface area contributed by atoms with Crippen molar-refractivity contribution in [3.63, 3.8) is 0 Å². The Morgan fingerprint density at radius 3 is 2.37 bits per heavy atom. The van der Waals surface area contributed by atoms with E-state index >= 15 is 4.39 Å². The van der Waals surface area contributed by atoms with Gasteiger partial charge in [0.1, 0.15) is 11.5 Å². The van der Waals surface area contributed by atoms with Crippen molar-refractivity contribution in [3.05, 3.63) is 71.0 Å². The molecular formula is C25H29F2NO2. The topological polar surface area (TPSA) is 40.5 Å². The van der Waals surface area contributed by atoms with Crippen molar-refractivity contribution in [2.75, 3.05) is 13.1 Å². The molecule has 4 rings (SSSR count). The summed E-state index contributed by atoms with van der Waals surface area (Å²) in [5.74, 6) is -0.917. The lowest BCUT2D eigenvalue weighted by atomic mass is 9.77. The van der Waals surface area contributed by atoms with Crippen LogP contribution in [0.4, 0.5) is 8.78 Å². The number of piperidine rings is 1. The highest BCUT2D eigenvalue weighted by Crippen LogP contribution is 2.44. The molecular weight excluding hydrogens is 384 g/mol. The molecule has 30 heavy (non-hydrogen) atoms. The van der Waals surface area contributed by atoms with Crippen LogP contribution in [0.25, 0.3) is 0 Å². The summed E-state index contributed by atoms with van der Waals surface area (Å²) in [5.41, 5.74) is -1.56. The predicted octanol–water partition coefficient (Wildman–Crippen LogP) is 5.00. The number of hydrogen-bond acceptors (Lipinski definition) is 2. The van der Waals surface area contributed by atoms with Crippen LogP contribution < -0.4 is 0 Å². The summed E-state index contributed by atoms with van der Waals surface area (Å²) in [6, 6.07) is 13.3. The van der Waals surface area contributed by atoms with Gasteiger partial charge in [0.25, 0.3) is 5.91 Å². The zero-order chi connectivity index (χ0) is 21.4. The Labute approximate surface area is 176 Å². The Morgan fingerprint density at radius 1 is 1.10 bits per heavy atom. The van der Waals surface area contributed by atoms with E-state index in [0.29, 0.717) is 16.7 Å². The molecule has 2 aromatic carbocycles. The summed E-state index contributed by atoms with van der Waals surface area (Å²) in [6.45, 7) is 2.18. The van der Waals surface area contributed by atoms with Gasteiger partial charge in [-0.2, -0.15) is 0 Å². The summed E-state index contributed by atoms with van der Waals surface area (Å²) in [5, 5.41) is 11.7. The molecule has 0 radical (unpaired) electrons. The molecule has 160 valence electrons. The van der Waals surface area contributed by atoms with Crippen molar-refractivity contribution in [1.29, 1.82) is 0 Å². The van der Waals surface area contributed by atoms with E-state index in [1.165, 1.54) is 12.1 Å². The van der Waals surface area contributed by atoms with Gasteiger partial charge in [-0.1, -0.05) is 49.2 Å². The monoisotopic (exact) mass is 413 g/mol. The van der Waals surface area contributed by atoms with E-state index in [-0.39, 0.29) is 37.8 Å². The van der Waals surface area contributed by atoms with E-state index in [9.17, 15) is 14.3 Å². The first-order valence-corrected chi connectivity index (χ1v) is 10.9. The number of alkyl halides is 1. The van der Waals surface area contributed by atoms with Crippen LogP contribution in [0.1, 0.15) is 55.2 Å². The number of halogens is 2. The Bertz CT molecular complexity index is 903. The second kappa shape index (κ2) is 8.10. The molecule has 1 aliphatic heterocycles. The van der Waals surface area contributed by atoms with E-state index in [2.05, 4.69) is 0 Å². The number of carbonyl (C=O) groups is 1. The van der Waals surface area contributed by atoms with Gasteiger partial charge in [-0.05, 0) is 48.6 Å². The molecule has 1 N–H and O–H groups in total. The molecule has 2 aromatic rings. The normalized spacial score (nSPS) is 21.4. The first-order valence-electron chi connectivity index (χ1n) is 10.9. The van der Waals surface area contributed by atoms with E-state index in [1.807, 2.05) is 18.2 Å². The fourth-order valence-electron chi connectivity index (χ4n) is 5.22. The second-order valence-corrected chi connectivity index (χ2v) is 8.83. The molecule has 0 spiro atoms. The summed E-state index contributed by atoms with van der Waals surface area (Å²) in [6.07, 6.45) is 3.80. The summed E-state index contributed by atoms with van der Waals surface area (Å²) >= 11 is 0. The van der Waals surface area contributed by atoms with Gasteiger partial charge in [0.05, 0.1) is 0 Å². The van der Waals surface area contributed by atoms with Crippen molar-refractivity contribution in [3.8, 4) is 0 Å². The van der Waals surface area contributed by atoms with Crippen molar-refractivity contribution >= 4 is 5.91 Å². The SMILES string of the molecule is Cc1ccc(F)cc1C1(F)CCN(C(=O)C(O)(c2ccccc2)C2CCCC2)CC1. The van der Waals surface area contributed by atoms with Crippen LogP contribution in [0.5, 0.6) is 0 Å². The van der Waals surface area contributed by atoms with Gasteiger partial charge in [-0.3, -0.25) is 4.79 Å². The van der Waals surface area contributed by atoms with Crippen molar-refractivity contribution in [2.45, 2.75) is 56.7 Å². The number of hydrogen-bond donors (Lipinski definition) is 1. The zero-order valence-corrected chi connectivity index (χ0v) is 17.4. The highest BCUT2D eigenvalue weighted by atomic mass is 19.1. The van der Waals surface area contributed by atoms with Crippen LogP contribution in [-0.2, 0) is 16.1 Å². The number of rotatable bonds is 4. The van der Waals surface area contributed by atoms with Gasteiger partial charge >= 0.3 is 0 Å². The quantitative estimate of drug-likeness (QED) is 0.766. The fraction of sp³-hybridized carbons (Fsp3) is 0.480. The summed E-state index contributed by atoms with van der Waals surface area (Å²) < 4.78 is 29.5. The minimum absolute atomic E-state index is 0.0958. The van der Waals surface area contributed by atoms with Crippen molar-refractivity contribution in [2.24, 2.45) is 5.92 Å². The smallest absolute Gasteiger partial charge is 0.259 e. The number of likely N-dealkylation sites (tertiary alicyclic amines) is 1. The standard InChI is InChI=1S/C25H29F2NO2/c1-18-11-12-21(26)17-22(18)24(27)13-15-28(16-14-24)23(29)25(30,20-9-5-6-10-20)19-7-3-2-4-8-19/h2-4,7-8,11-12,17,20,30H,5-6,9-10,13-16H2,1H3. The van der Waals surface area contributed by atoms with E-state index in [0.717, 1.165) is 25.7 Å². The molecule has 0 bridgehead atoms. The second-order valence-electron chi connectivity index (χ2n) is 8.83. The Morgan fingerprint density at radius 2 is 1.73 bits per heavy atom. The fourth-order valence-corrected chi connectivity index (χ4v) is 5.22. The third-order valence-electron chi connectivity index (χ3n) is 7.01. The first kappa shape index (κ1) is 21.0. The largest absolute Gasteiger partial charge is 0.375 e. The van der Waals surface area contributed by atoms with Crippen LogP contribution in [0.2, 0.25) is 0 Å². The van der Waals surface area contributed by atoms with Crippen LogP contribution in [0, 0.1) is 18.7 Å². The number of benzene rings is 2. The Hall–Kier alpha value is -2.27. The molecule has 2 fully saturated rings. The lowest BCUT2D eigenvalue weighted by molar-refractivity contribution is -0.162. The van der Waals surface area contributed by atoms with Crippen LogP contribution in [0.15, 0.2) is 48.5 Å². The van der Waals surface area contributed by atoms with Crippen molar-refractivity contribution in [1.82, 2.24) is 4.90 Å². The number of nitrogens with zero attached hydrogens (tertiary/aromatic N) is 1. The maximum Gasteiger partial charge on any atom is 0.259 e. The Kier molecular flexibility index (Phi) is 5.67. The minimum Gasteiger partial charge on any atom is -0.375 e.